The molecule has 0 N–H and O–H groups in total. The quantitative estimate of drug-likeness (QED) is 0.199. The molecule has 0 aromatic heterocycles. The van der Waals surface area contributed by atoms with Crippen LogP contribution in [0.15, 0.2) is 0 Å². The molecule has 0 aliphatic rings. The summed E-state index contributed by atoms with van der Waals surface area (Å²) in [6, 6.07) is 0. The van der Waals surface area contributed by atoms with E-state index in [9.17, 15) is 0 Å². The van der Waals surface area contributed by atoms with Gasteiger partial charge < -0.3 is 4.90 Å². The van der Waals surface area contributed by atoms with Crippen LogP contribution < -0.4 is 0 Å². The van der Waals surface area contributed by atoms with Gasteiger partial charge in [-0.2, -0.15) is 0 Å². The highest BCUT2D eigenvalue weighted by atomic mass is 15.5. The number of hydrogen-bond donors (Lipinski definition) is 0. The maximum absolute atomic E-state index is 2.38. The van der Waals surface area contributed by atoms with E-state index in [1.165, 1.54) is 0 Å². The molecule has 0 atom stereocenters. The van der Waals surface area contributed by atoms with Gasteiger partial charge in [-0.25, -0.2) is 0 Å². The van der Waals surface area contributed by atoms with Crippen LogP contribution in [0.2, 0.25) is 0 Å². The molecule has 0 fully saturated rings. The van der Waals surface area contributed by atoms with Gasteiger partial charge in [-0.05, 0) is 176 Å². The number of nitrogens with zero attached hydrogens (tertiary/aromatic N) is 14. The Balaban J connectivity index is -0.000000119. The summed E-state index contributed by atoms with van der Waals surface area (Å²) in [5.41, 5.74) is 0. The fourth-order valence-electron chi connectivity index (χ4n) is 4.75. The molecule has 0 aliphatic carbocycles. The van der Waals surface area contributed by atoms with Crippen molar-refractivity contribution in [3.05, 3.63) is 0 Å². The van der Waals surface area contributed by atoms with E-state index in [4.69, 9.17) is 0 Å². The van der Waals surface area contributed by atoms with Gasteiger partial charge in [0.15, 0.2) is 0 Å². The van der Waals surface area contributed by atoms with Crippen molar-refractivity contribution >= 4 is 0 Å². The molecule has 0 aromatic rings. The van der Waals surface area contributed by atoms with Crippen LogP contribution in [0.4, 0.5) is 0 Å². The summed E-state index contributed by atoms with van der Waals surface area (Å²) in [5, 5.41) is 0. The highest BCUT2D eigenvalue weighted by Crippen LogP contribution is 1.98. The number of rotatable bonds is 17. The van der Waals surface area contributed by atoms with Crippen molar-refractivity contribution in [3.8, 4) is 0 Å². The van der Waals surface area contributed by atoms with Gasteiger partial charge in [-0.1, -0.05) is 7.43 Å². The topological polar surface area (TPSA) is 45.4 Å². The Hall–Kier alpha value is -0.560. The van der Waals surface area contributed by atoms with Gasteiger partial charge in [0.2, 0.25) is 0 Å². The Bertz CT molecular complexity index is 547. The van der Waals surface area contributed by atoms with E-state index >= 15 is 0 Å². The first-order chi connectivity index (χ1) is 21.1. The van der Waals surface area contributed by atoms with E-state index in [1.54, 1.807) is 0 Å². The van der Waals surface area contributed by atoms with Crippen molar-refractivity contribution < 1.29 is 0 Å². The van der Waals surface area contributed by atoms with E-state index < -0.39 is 0 Å². The lowest BCUT2D eigenvalue weighted by atomic mass is 10.6. The SMILES string of the molecule is C.CN(C)C.CN(C)C(N(C)C)N(C)C.CN(C)CN(C)C.CN(C)CN(C)CN(C)CN(C)C.CN(C)CN(CN(C)C)CN(C)C. The van der Waals surface area contributed by atoms with Gasteiger partial charge in [0.25, 0.3) is 0 Å². The first-order valence-corrected chi connectivity index (χ1v) is 16.4. The minimum Gasteiger partial charge on any atom is -0.312 e. The molecule has 0 aliphatic heterocycles. The lowest BCUT2D eigenvalue weighted by molar-refractivity contribution is 0.00961. The first-order valence-electron chi connectivity index (χ1n) is 16.4. The summed E-state index contributed by atoms with van der Waals surface area (Å²) >= 11 is 0. The molecule has 0 aromatic carbocycles. The van der Waals surface area contributed by atoms with E-state index in [2.05, 4.69) is 219 Å². The molecular formula is C34H94N14. The second-order valence-corrected chi connectivity index (χ2v) is 15.5. The lowest BCUT2D eigenvalue weighted by Crippen LogP contribution is -2.50. The molecule has 0 unspecified atom stereocenters. The van der Waals surface area contributed by atoms with Crippen molar-refractivity contribution in [1.29, 1.82) is 0 Å². The fourth-order valence-corrected chi connectivity index (χ4v) is 4.75. The smallest absolute Gasteiger partial charge is 0.118 e. The zero-order valence-electron chi connectivity index (χ0n) is 36.8. The summed E-state index contributed by atoms with van der Waals surface area (Å²) in [4.78, 5) is 30.6. The third kappa shape index (κ3) is 57.7. The summed E-state index contributed by atoms with van der Waals surface area (Å²) < 4.78 is 0. The van der Waals surface area contributed by atoms with Crippen LogP contribution in [-0.4, -0.2) is 298 Å². The van der Waals surface area contributed by atoms with E-state index in [-0.39, 0.29) is 7.43 Å². The molecule has 0 rings (SSSR count). The van der Waals surface area contributed by atoms with Crippen molar-refractivity contribution in [3.63, 3.8) is 0 Å². The van der Waals surface area contributed by atoms with Crippen LogP contribution in [-0.2, 0) is 0 Å². The summed E-state index contributed by atoms with van der Waals surface area (Å²) in [6.45, 7) is 7.01. The van der Waals surface area contributed by atoms with Crippen LogP contribution in [0.3, 0.4) is 0 Å². The van der Waals surface area contributed by atoms with Crippen molar-refractivity contribution in [2.45, 2.75) is 13.7 Å². The second kappa shape index (κ2) is 36.2. The van der Waals surface area contributed by atoms with Crippen molar-refractivity contribution in [1.82, 2.24) is 68.6 Å². The van der Waals surface area contributed by atoms with Crippen LogP contribution >= 0.6 is 0 Å². The minimum atomic E-state index is 0. The highest BCUT2D eigenvalue weighted by Gasteiger charge is 2.14. The second-order valence-electron chi connectivity index (χ2n) is 15.5. The zero-order valence-corrected chi connectivity index (χ0v) is 36.8. The van der Waals surface area contributed by atoms with Gasteiger partial charge in [0.1, 0.15) is 6.29 Å². The molecule has 0 spiro atoms. The van der Waals surface area contributed by atoms with Crippen LogP contribution in [0.25, 0.3) is 0 Å². The molecule has 48 heavy (non-hydrogen) atoms. The zero-order chi connectivity index (χ0) is 38.6. The molecular weight excluding hydrogens is 604 g/mol. The molecule has 0 heterocycles. The van der Waals surface area contributed by atoms with Crippen LogP contribution in [0.1, 0.15) is 7.43 Å². The maximum atomic E-state index is 2.38. The van der Waals surface area contributed by atoms with Gasteiger partial charge >= 0.3 is 0 Å². The third-order valence-corrected chi connectivity index (χ3v) is 4.93. The molecule has 300 valence electrons. The van der Waals surface area contributed by atoms with E-state index in [0.717, 1.165) is 46.7 Å². The van der Waals surface area contributed by atoms with Gasteiger partial charge in [0, 0.05) is 6.67 Å². The molecule has 0 bridgehead atoms. The predicted octanol–water partition coefficient (Wildman–Crippen LogP) is 0.527. The molecule has 0 saturated heterocycles. The maximum Gasteiger partial charge on any atom is 0.118 e. The third-order valence-electron chi connectivity index (χ3n) is 4.93. The highest BCUT2D eigenvalue weighted by molar-refractivity contribution is 4.58. The summed E-state index contributed by atoms with van der Waals surface area (Å²) in [6.07, 6.45) is 0.389. The van der Waals surface area contributed by atoms with Gasteiger partial charge in [-0.15, -0.1) is 0 Å². The molecule has 14 nitrogen and oxygen atoms in total. The summed E-state index contributed by atoms with van der Waals surface area (Å²) in [5.74, 6) is 0. The monoisotopic (exact) mass is 699 g/mol. The van der Waals surface area contributed by atoms with E-state index in [0.29, 0.717) is 6.29 Å². The molecule has 0 amide bonds. The Labute approximate surface area is 304 Å². The summed E-state index contributed by atoms with van der Waals surface area (Å²) in [7, 11) is 51.8. The molecule has 0 saturated carbocycles. The van der Waals surface area contributed by atoms with Crippen molar-refractivity contribution in [2.24, 2.45) is 0 Å². The predicted molar refractivity (Wildman–Crippen MR) is 218 cm³/mol. The van der Waals surface area contributed by atoms with Crippen molar-refractivity contribution in [2.75, 3.05) is 223 Å². The first kappa shape index (κ1) is 59.6. The van der Waals surface area contributed by atoms with Crippen LogP contribution in [0, 0.1) is 0 Å². The normalized spacial score (nSPS) is 11.8. The van der Waals surface area contributed by atoms with E-state index in [1.807, 2.05) is 26.0 Å². The fraction of sp³-hybridized carbons (Fsp3) is 1.00. The minimum absolute atomic E-state index is 0. The Kier molecular flexibility index (Phi) is 45.0. The Morgan fingerprint density at radius 1 is 0.271 bits per heavy atom. The molecule has 0 radical (unpaired) electrons. The Morgan fingerprint density at radius 3 is 0.562 bits per heavy atom. The van der Waals surface area contributed by atoms with Gasteiger partial charge in [0.05, 0.1) is 40.0 Å². The Morgan fingerprint density at radius 2 is 0.458 bits per heavy atom. The molecule has 14 heteroatoms. The van der Waals surface area contributed by atoms with Gasteiger partial charge in [-0.3, -0.25) is 63.7 Å². The average molecular weight is 699 g/mol. The standard InChI is InChI=1S/2C9H24N4.C7H19N3.C5H14N2.C3H9N.CH4/c1-10(2)7-12(5)9-13(6)8-11(3)4;1-10(2)7-13(8-11(3)4)9-12(5)6;1-8(2)7(9(3)4)10(5)6;1-6(2)5-7(3)4;1-4(2)3;/h2*7-9H2,1-6H3;7H,1-6H3;5H2,1-4H3;1-3H3;1H4. The largest absolute Gasteiger partial charge is 0.312 e. The average Bonchev–Trinajstić information content (AvgIpc) is 2.75. The van der Waals surface area contributed by atoms with Crippen LogP contribution in [0.5, 0.6) is 0 Å². The lowest BCUT2D eigenvalue weighted by Gasteiger charge is -2.35. The number of hydrogen-bond acceptors (Lipinski definition) is 14.